The van der Waals surface area contributed by atoms with Crippen molar-refractivity contribution in [3.8, 4) is 0 Å². The Morgan fingerprint density at radius 2 is 2.11 bits per heavy atom. The van der Waals surface area contributed by atoms with Gasteiger partial charge in [0.2, 0.25) is 0 Å². The summed E-state index contributed by atoms with van der Waals surface area (Å²) in [6.07, 6.45) is 0.979. The molecule has 102 valence electrons. The minimum Gasteiger partial charge on any atom is -0.383 e. The molecule has 0 saturated carbocycles. The van der Waals surface area contributed by atoms with Crippen LogP contribution in [0.2, 0.25) is 5.02 Å². The fourth-order valence-electron chi connectivity index (χ4n) is 1.80. The molecule has 4 heteroatoms. The van der Waals surface area contributed by atoms with Crippen molar-refractivity contribution in [1.82, 2.24) is 5.32 Å². The lowest BCUT2D eigenvalue weighted by Gasteiger charge is -2.21. The van der Waals surface area contributed by atoms with Crippen molar-refractivity contribution in [2.45, 2.75) is 26.3 Å². The fraction of sp³-hybridized carbons (Fsp3) is 0.571. The van der Waals surface area contributed by atoms with Crippen molar-refractivity contribution in [1.29, 1.82) is 0 Å². The van der Waals surface area contributed by atoms with E-state index >= 15 is 0 Å². The molecular formula is C14H21BrClNO. The summed E-state index contributed by atoms with van der Waals surface area (Å²) in [5, 5.41) is 4.29. The molecule has 0 radical (unpaired) electrons. The van der Waals surface area contributed by atoms with Crippen LogP contribution in [-0.4, -0.2) is 26.3 Å². The van der Waals surface area contributed by atoms with Crippen LogP contribution < -0.4 is 5.32 Å². The zero-order valence-electron chi connectivity index (χ0n) is 11.2. The quantitative estimate of drug-likeness (QED) is 0.763. The summed E-state index contributed by atoms with van der Waals surface area (Å²) >= 11 is 9.66. The van der Waals surface area contributed by atoms with Crippen molar-refractivity contribution < 1.29 is 4.74 Å². The third-order valence-corrected chi connectivity index (χ3v) is 4.03. The van der Waals surface area contributed by atoms with E-state index in [0.717, 1.165) is 29.1 Å². The van der Waals surface area contributed by atoms with Gasteiger partial charge in [-0.05, 0) is 37.0 Å². The van der Waals surface area contributed by atoms with Gasteiger partial charge in [-0.15, -0.1) is 0 Å². The van der Waals surface area contributed by atoms with Crippen LogP contribution >= 0.6 is 27.5 Å². The number of rotatable bonds is 7. The highest BCUT2D eigenvalue weighted by Gasteiger charge is 2.13. The average Bonchev–Trinajstić information content (AvgIpc) is 2.32. The molecule has 0 amide bonds. The maximum Gasteiger partial charge on any atom is 0.0587 e. The van der Waals surface area contributed by atoms with Gasteiger partial charge in [-0.2, -0.15) is 0 Å². The van der Waals surface area contributed by atoms with Crippen LogP contribution in [0.1, 0.15) is 19.4 Å². The molecule has 0 fully saturated rings. The van der Waals surface area contributed by atoms with Gasteiger partial charge in [-0.1, -0.05) is 40.5 Å². The van der Waals surface area contributed by atoms with Crippen LogP contribution in [-0.2, 0) is 11.2 Å². The molecular weight excluding hydrogens is 314 g/mol. The Bertz CT molecular complexity index is 373. The molecule has 1 N–H and O–H groups in total. The molecule has 0 heterocycles. The smallest absolute Gasteiger partial charge is 0.0587 e. The van der Waals surface area contributed by atoms with Gasteiger partial charge in [0.05, 0.1) is 6.61 Å². The SMILES string of the molecule is COCCNC(C)C(C)Cc1ccc(Br)cc1Cl. The second kappa shape index (κ2) is 8.16. The van der Waals surface area contributed by atoms with Gasteiger partial charge in [0.15, 0.2) is 0 Å². The first-order valence-electron chi connectivity index (χ1n) is 6.20. The first-order valence-corrected chi connectivity index (χ1v) is 7.38. The number of nitrogens with one attached hydrogen (secondary N) is 1. The minimum absolute atomic E-state index is 0.444. The van der Waals surface area contributed by atoms with Crippen LogP contribution in [0.5, 0.6) is 0 Å². The number of benzene rings is 1. The van der Waals surface area contributed by atoms with Gasteiger partial charge in [0, 0.05) is 29.2 Å². The van der Waals surface area contributed by atoms with Crippen LogP contribution in [0, 0.1) is 5.92 Å². The molecule has 1 aromatic carbocycles. The molecule has 0 aromatic heterocycles. The zero-order valence-corrected chi connectivity index (χ0v) is 13.5. The number of hydrogen-bond acceptors (Lipinski definition) is 2. The largest absolute Gasteiger partial charge is 0.383 e. The van der Waals surface area contributed by atoms with Crippen molar-refractivity contribution in [3.63, 3.8) is 0 Å². The van der Waals surface area contributed by atoms with Crippen LogP contribution in [0.4, 0.5) is 0 Å². The molecule has 0 aliphatic heterocycles. The van der Waals surface area contributed by atoms with E-state index in [9.17, 15) is 0 Å². The Hall–Kier alpha value is -0.0900. The maximum absolute atomic E-state index is 6.23. The molecule has 18 heavy (non-hydrogen) atoms. The van der Waals surface area contributed by atoms with E-state index in [1.165, 1.54) is 5.56 Å². The summed E-state index contributed by atoms with van der Waals surface area (Å²) < 4.78 is 6.06. The Morgan fingerprint density at radius 3 is 2.72 bits per heavy atom. The molecule has 0 aliphatic carbocycles. The van der Waals surface area contributed by atoms with Crippen LogP contribution in [0.15, 0.2) is 22.7 Å². The molecule has 2 nitrogen and oxygen atoms in total. The predicted molar refractivity (Wildman–Crippen MR) is 81.4 cm³/mol. The third kappa shape index (κ3) is 5.27. The van der Waals surface area contributed by atoms with E-state index in [2.05, 4.69) is 41.2 Å². The van der Waals surface area contributed by atoms with Gasteiger partial charge in [-0.3, -0.25) is 0 Å². The lowest BCUT2D eigenvalue weighted by Crippen LogP contribution is -2.35. The lowest BCUT2D eigenvalue weighted by atomic mass is 9.95. The predicted octanol–water partition coefficient (Wildman–Crippen LogP) is 3.91. The number of methoxy groups -OCH3 is 1. The fourth-order valence-corrected chi connectivity index (χ4v) is 2.55. The number of halogens is 2. The van der Waals surface area contributed by atoms with Gasteiger partial charge in [0.1, 0.15) is 0 Å². The van der Waals surface area contributed by atoms with Gasteiger partial charge in [0.25, 0.3) is 0 Å². The third-order valence-electron chi connectivity index (χ3n) is 3.18. The van der Waals surface area contributed by atoms with Gasteiger partial charge >= 0.3 is 0 Å². The highest BCUT2D eigenvalue weighted by atomic mass is 79.9. The van der Waals surface area contributed by atoms with Crippen LogP contribution in [0.25, 0.3) is 0 Å². The lowest BCUT2D eigenvalue weighted by molar-refractivity contribution is 0.192. The monoisotopic (exact) mass is 333 g/mol. The summed E-state index contributed by atoms with van der Waals surface area (Å²) in [7, 11) is 1.72. The highest BCUT2D eigenvalue weighted by Crippen LogP contribution is 2.24. The van der Waals surface area contributed by atoms with Crippen molar-refractivity contribution in [2.75, 3.05) is 20.3 Å². The van der Waals surface area contributed by atoms with Crippen molar-refractivity contribution in [3.05, 3.63) is 33.3 Å². The topological polar surface area (TPSA) is 21.3 Å². The summed E-state index contributed by atoms with van der Waals surface area (Å²) in [4.78, 5) is 0. The Labute approximate surface area is 123 Å². The van der Waals surface area contributed by atoms with E-state index in [-0.39, 0.29) is 0 Å². The highest BCUT2D eigenvalue weighted by molar-refractivity contribution is 9.10. The summed E-state index contributed by atoms with van der Waals surface area (Å²) in [6.45, 7) is 6.07. The second-order valence-electron chi connectivity index (χ2n) is 4.65. The molecule has 2 atom stereocenters. The molecule has 0 saturated heterocycles. The Morgan fingerprint density at radius 1 is 1.39 bits per heavy atom. The molecule has 1 aromatic rings. The van der Waals surface area contributed by atoms with Crippen LogP contribution in [0.3, 0.4) is 0 Å². The Balaban J connectivity index is 2.50. The first-order chi connectivity index (χ1) is 8.54. The van der Waals surface area contributed by atoms with Crippen molar-refractivity contribution >= 4 is 27.5 Å². The van der Waals surface area contributed by atoms with E-state index < -0.39 is 0 Å². The summed E-state index contributed by atoms with van der Waals surface area (Å²) in [5.74, 6) is 0.528. The minimum atomic E-state index is 0.444. The average molecular weight is 335 g/mol. The zero-order chi connectivity index (χ0) is 13.5. The summed E-state index contributed by atoms with van der Waals surface area (Å²) in [5.41, 5.74) is 1.20. The molecule has 0 aliphatic rings. The Kier molecular flexibility index (Phi) is 7.23. The molecule has 0 spiro atoms. The van der Waals surface area contributed by atoms with Crippen molar-refractivity contribution in [2.24, 2.45) is 5.92 Å². The summed E-state index contributed by atoms with van der Waals surface area (Å²) in [6, 6.07) is 6.52. The van der Waals surface area contributed by atoms with E-state index in [4.69, 9.17) is 16.3 Å². The molecule has 0 bridgehead atoms. The normalized spacial score (nSPS) is 14.5. The number of hydrogen-bond donors (Lipinski definition) is 1. The maximum atomic E-state index is 6.23. The standard InChI is InChI=1S/C14H21BrClNO/c1-10(11(2)17-6-7-18-3)8-12-4-5-13(15)9-14(12)16/h4-5,9-11,17H,6-8H2,1-3H3. The first kappa shape index (κ1) is 16.0. The number of ether oxygens (including phenoxy) is 1. The second-order valence-corrected chi connectivity index (χ2v) is 5.98. The van der Waals surface area contributed by atoms with Gasteiger partial charge in [-0.25, -0.2) is 0 Å². The van der Waals surface area contributed by atoms with E-state index in [1.54, 1.807) is 7.11 Å². The van der Waals surface area contributed by atoms with E-state index in [1.807, 2.05) is 12.1 Å². The molecule has 1 rings (SSSR count). The molecule has 2 unspecified atom stereocenters. The van der Waals surface area contributed by atoms with Gasteiger partial charge < -0.3 is 10.1 Å². The van der Waals surface area contributed by atoms with E-state index in [0.29, 0.717) is 12.0 Å².